The number of anilines is 1. The Morgan fingerprint density at radius 2 is 1.91 bits per heavy atom. The van der Waals surface area contributed by atoms with E-state index >= 15 is 0 Å². The second-order valence-corrected chi connectivity index (χ2v) is 10.9. The molecule has 9 nitrogen and oxygen atoms in total. The van der Waals surface area contributed by atoms with Crippen molar-refractivity contribution in [2.45, 2.75) is 52.2 Å². The fraction of sp³-hybridized carbons (Fsp3) is 0.619. The number of hydrogen-bond donors (Lipinski definition) is 2. The molecule has 2 N–H and O–H groups in total. The first-order chi connectivity index (χ1) is 14.7. The molecule has 0 saturated heterocycles. The maximum atomic E-state index is 12.2. The minimum atomic E-state index is -3.53. The van der Waals surface area contributed by atoms with Gasteiger partial charge < -0.3 is 20.1 Å². The lowest BCUT2D eigenvalue weighted by atomic mass is 9.98. The Bertz CT molecular complexity index is 885. The van der Waals surface area contributed by atoms with Gasteiger partial charge in [0.1, 0.15) is 5.60 Å². The molecule has 0 aromatic heterocycles. The van der Waals surface area contributed by atoms with Gasteiger partial charge in [0.15, 0.2) is 0 Å². The molecule has 1 rings (SSSR count). The van der Waals surface area contributed by atoms with Crippen LogP contribution in [0.3, 0.4) is 0 Å². The number of alkyl carbamates (subject to hydrolysis) is 1. The summed E-state index contributed by atoms with van der Waals surface area (Å²) in [6, 6.07) is 5.09. The summed E-state index contributed by atoms with van der Waals surface area (Å²) in [4.78, 5) is 25.5. The molecule has 1 atom stereocenters. The van der Waals surface area contributed by atoms with Gasteiger partial charge in [-0.15, -0.1) is 0 Å². The van der Waals surface area contributed by atoms with E-state index < -0.39 is 33.8 Å². The lowest BCUT2D eigenvalue weighted by Crippen LogP contribution is -2.41. The number of ether oxygens (including phenoxy) is 1. The van der Waals surface area contributed by atoms with Gasteiger partial charge in [-0.05, 0) is 57.4 Å². The zero-order chi connectivity index (χ0) is 24.5. The zero-order valence-corrected chi connectivity index (χ0v) is 21.6. The summed E-state index contributed by atoms with van der Waals surface area (Å²) in [6.45, 7) is 8.10. The summed E-state index contributed by atoms with van der Waals surface area (Å²) in [6.07, 6.45) is 0.381. The number of benzene rings is 1. The van der Waals surface area contributed by atoms with Gasteiger partial charge in [-0.1, -0.05) is 22.0 Å². The number of aliphatic carboxylic acids is 1. The van der Waals surface area contributed by atoms with Gasteiger partial charge in [0.25, 0.3) is 10.1 Å². The number of alkyl halides is 1. The monoisotopic (exact) mass is 536 g/mol. The van der Waals surface area contributed by atoms with Crippen LogP contribution in [-0.2, 0) is 30.3 Å². The highest BCUT2D eigenvalue weighted by atomic mass is 79.9. The molecule has 0 fully saturated rings. The molecule has 0 aliphatic carbocycles. The van der Waals surface area contributed by atoms with Crippen LogP contribution >= 0.6 is 15.9 Å². The van der Waals surface area contributed by atoms with Crippen molar-refractivity contribution < 1.29 is 32.0 Å². The van der Waals surface area contributed by atoms with E-state index in [1.807, 2.05) is 30.0 Å². The van der Waals surface area contributed by atoms with Crippen LogP contribution in [0.1, 0.15) is 38.3 Å². The average Bonchev–Trinajstić information content (AvgIpc) is 2.59. The molecule has 0 radical (unpaired) electrons. The van der Waals surface area contributed by atoms with E-state index in [4.69, 9.17) is 8.92 Å². The molecule has 0 heterocycles. The molecular weight excluding hydrogens is 504 g/mol. The van der Waals surface area contributed by atoms with Crippen LogP contribution in [-0.4, -0.2) is 68.5 Å². The van der Waals surface area contributed by atoms with Gasteiger partial charge in [0.05, 0.1) is 19.3 Å². The van der Waals surface area contributed by atoms with Gasteiger partial charge in [-0.2, -0.15) is 8.42 Å². The van der Waals surface area contributed by atoms with Crippen molar-refractivity contribution in [1.82, 2.24) is 5.32 Å². The Morgan fingerprint density at radius 3 is 2.44 bits per heavy atom. The molecule has 1 aromatic carbocycles. The smallest absolute Gasteiger partial charge is 0.407 e. The molecular formula is C21H33BrN2O7S. The second-order valence-electron chi connectivity index (χ2n) is 8.46. The molecule has 32 heavy (non-hydrogen) atoms. The number of nitrogens with zero attached hydrogens (tertiary/aromatic N) is 1. The van der Waals surface area contributed by atoms with Crippen molar-refractivity contribution in [3.63, 3.8) is 0 Å². The number of rotatable bonds is 12. The van der Waals surface area contributed by atoms with Crippen LogP contribution in [0, 0.1) is 6.92 Å². The Morgan fingerprint density at radius 1 is 1.25 bits per heavy atom. The number of nitrogens with one attached hydrogen (secondary N) is 1. The van der Waals surface area contributed by atoms with E-state index in [-0.39, 0.29) is 13.0 Å². The average molecular weight is 537 g/mol. The summed E-state index contributed by atoms with van der Waals surface area (Å²) in [5.41, 5.74) is 1.96. The number of carboxylic acids is 1. The van der Waals surface area contributed by atoms with E-state index in [1.54, 1.807) is 20.8 Å². The van der Waals surface area contributed by atoms with Crippen LogP contribution in [0.15, 0.2) is 18.2 Å². The third kappa shape index (κ3) is 11.7. The van der Waals surface area contributed by atoms with Crippen LogP contribution in [0.2, 0.25) is 0 Å². The maximum absolute atomic E-state index is 12.2. The Labute approximate surface area is 198 Å². The lowest BCUT2D eigenvalue weighted by Gasteiger charge is -2.26. The van der Waals surface area contributed by atoms with Gasteiger partial charge in [-0.3, -0.25) is 8.98 Å². The van der Waals surface area contributed by atoms with Crippen LogP contribution in [0.4, 0.5) is 10.5 Å². The van der Waals surface area contributed by atoms with Crippen molar-refractivity contribution >= 4 is 43.8 Å². The van der Waals surface area contributed by atoms with E-state index in [2.05, 4.69) is 21.2 Å². The highest BCUT2D eigenvalue weighted by Gasteiger charge is 2.22. The molecule has 0 bridgehead atoms. The van der Waals surface area contributed by atoms with Crippen LogP contribution < -0.4 is 10.2 Å². The summed E-state index contributed by atoms with van der Waals surface area (Å²) >= 11 is 3.40. The molecule has 1 aromatic rings. The number of halogens is 1. The van der Waals surface area contributed by atoms with Crippen molar-refractivity contribution in [3.8, 4) is 0 Å². The minimum absolute atomic E-state index is 0.0108. The van der Waals surface area contributed by atoms with E-state index in [9.17, 15) is 23.1 Å². The number of amides is 1. The van der Waals surface area contributed by atoms with Crippen molar-refractivity contribution in [1.29, 1.82) is 0 Å². The lowest BCUT2D eigenvalue weighted by molar-refractivity contribution is -0.137. The van der Waals surface area contributed by atoms with Gasteiger partial charge >= 0.3 is 12.1 Å². The largest absolute Gasteiger partial charge is 0.481 e. The van der Waals surface area contributed by atoms with Crippen LogP contribution in [0.5, 0.6) is 0 Å². The Balaban J connectivity index is 3.04. The van der Waals surface area contributed by atoms with Crippen molar-refractivity contribution in [2.75, 3.05) is 36.2 Å². The third-order valence-electron chi connectivity index (χ3n) is 4.32. The summed E-state index contributed by atoms with van der Waals surface area (Å²) in [5.74, 6) is -1.03. The van der Waals surface area contributed by atoms with Gasteiger partial charge in [0.2, 0.25) is 0 Å². The normalized spacial score (nSPS) is 12.8. The van der Waals surface area contributed by atoms with Crippen molar-refractivity contribution in [3.05, 3.63) is 29.3 Å². The van der Waals surface area contributed by atoms with Gasteiger partial charge in [0, 0.05) is 30.1 Å². The second kappa shape index (κ2) is 12.4. The SMILES string of the molecule is Cc1ccc(N(CCBr)CCOS(C)(=O)=O)cc1C[C@@H](CC(=O)O)NC(=O)OC(C)(C)C. The zero-order valence-electron chi connectivity index (χ0n) is 19.2. The van der Waals surface area contributed by atoms with E-state index in [1.165, 1.54) is 0 Å². The fourth-order valence-corrected chi connectivity index (χ4v) is 3.78. The molecule has 0 aliphatic rings. The molecule has 182 valence electrons. The van der Waals surface area contributed by atoms with E-state index in [0.29, 0.717) is 24.8 Å². The first-order valence-electron chi connectivity index (χ1n) is 10.2. The summed E-state index contributed by atoms with van der Waals surface area (Å²) in [5, 5.41) is 12.6. The molecule has 0 saturated carbocycles. The highest BCUT2D eigenvalue weighted by Crippen LogP contribution is 2.22. The predicted octanol–water partition coefficient (Wildman–Crippen LogP) is 3.08. The molecule has 0 spiro atoms. The Hall–Kier alpha value is -1.85. The number of hydrogen-bond acceptors (Lipinski definition) is 7. The molecule has 11 heteroatoms. The number of carbonyl (C=O) groups excluding carboxylic acids is 1. The van der Waals surface area contributed by atoms with E-state index in [0.717, 1.165) is 23.1 Å². The maximum Gasteiger partial charge on any atom is 0.407 e. The molecule has 0 aliphatic heterocycles. The Kier molecular flexibility index (Phi) is 10.9. The first-order valence-corrected chi connectivity index (χ1v) is 13.1. The standard InChI is InChI=1S/C21H33BrN2O7S/c1-15-6-7-18(24(9-8-22)10-11-30-32(5,28)29)13-16(15)12-17(14-19(25)26)23-20(27)31-21(2,3)4/h6-7,13,17H,8-12,14H2,1-5H3,(H,23,27)(H,25,26)/t17-/m0/s1. The summed E-state index contributed by atoms with van der Waals surface area (Å²) in [7, 11) is -3.53. The minimum Gasteiger partial charge on any atom is -0.481 e. The van der Waals surface area contributed by atoms with Crippen molar-refractivity contribution in [2.24, 2.45) is 0 Å². The molecule has 0 unspecified atom stereocenters. The number of carbonyl (C=O) groups is 2. The fourth-order valence-electron chi connectivity index (χ4n) is 2.97. The third-order valence-corrected chi connectivity index (χ3v) is 5.27. The number of carboxylic acid groups (broad SMARTS) is 1. The first kappa shape index (κ1) is 28.2. The van der Waals surface area contributed by atoms with Gasteiger partial charge in [-0.25, -0.2) is 4.79 Å². The quantitative estimate of drug-likeness (QED) is 0.308. The number of aryl methyl sites for hydroxylation is 1. The molecule has 1 amide bonds. The summed E-state index contributed by atoms with van der Waals surface area (Å²) < 4.78 is 32.6. The van der Waals surface area contributed by atoms with Crippen LogP contribution in [0.25, 0.3) is 0 Å². The topological polar surface area (TPSA) is 122 Å². The predicted molar refractivity (Wildman–Crippen MR) is 127 cm³/mol. The highest BCUT2D eigenvalue weighted by molar-refractivity contribution is 9.09.